The van der Waals surface area contributed by atoms with Crippen molar-refractivity contribution in [2.24, 2.45) is 0 Å². The van der Waals surface area contributed by atoms with Gasteiger partial charge in [0.05, 0.1) is 17.0 Å². The summed E-state index contributed by atoms with van der Waals surface area (Å²) in [4.78, 5) is 0.768. The van der Waals surface area contributed by atoms with Crippen LogP contribution in [-0.2, 0) is 0 Å². The Bertz CT molecular complexity index is 604. The molecule has 0 aliphatic rings. The molecular weight excluding hydrogens is 280 g/mol. The molecule has 2 aromatic rings. The maximum Gasteiger partial charge on any atom is 0.125 e. The minimum absolute atomic E-state index is 0.638. The third-order valence-corrected chi connectivity index (χ3v) is 4.93. The highest BCUT2D eigenvalue weighted by atomic mass is 35.5. The van der Waals surface area contributed by atoms with Gasteiger partial charge in [-0.1, -0.05) is 17.7 Å². The van der Waals surface area contributed by atoms with Gasteiger partial charge in [0.25, 0.3) is 0 Å². The third kappa shape index (κ3) is 2.64. The Balaban J connectivity index is 2.55. The quantitative estimate of drug-likeness (QED) is 0.908. The van der Waals surface area contributed by atoms with Crippen LogP contribution >= 0.6 is 22.9 Å². The molecule has 1 N–H and O–H groups in total. The van der Waals surface area contributed by atoms with Crippen molar-refractivity contribution in [2.45, 2.75) is 26.9 Å². The largest absolute Gasteiger partial charge is 0.496 e. The molecule has 1 aromatic carbocycles. The molecule has 1 unspecified atom stereocenters. The SMILES string of the molecule is COc1cc(C)cc(C)c1C(O)c1scc(C)c1Cl. The second-order valence-corrected chi connectivity index (χ2v) is 5.99. The van der Waals surface area contributed by atoms with Gasteiger partial charge in [-0.05, 0) is 48.9 Å². The number of rotatable bonds is 3. The predicted octanol–water partition coefficient (Wildman–Crippen LogP) is 4.42. The Hall–Kier alpha value is -1.03. The number of aryl methyl sites for hydroxylation is 3. The van der Waals surface area contributed by atoms with E-state index in [0.717, 1.165) is 27.1 Å². The van der Waals surface area contributed by atoms with Gasteiger partial charge in [-0.2, -0.15) is 0 Å². The van der Waals surface area contributed by atoms with Crippen LogP contribution in [0, 0.1) is 20.8 Å². The summed E-state index contributed by atoms with van der Waals surface area (Å²) in [5, 5.41) is 13.2. The van der Waals surface area contributed by atoms with Crippen molar-refractivity contribution in [1.82, 2.24) is 0 Å². The van der Waals surface area contributed by atoms with Gasteiger partial charge < -0.3 is 9.84 Å². The second-order valence-electron chi connectivity index (χ2n) is 4.70. The van der Waals surface area contributed by atoms with Crippen molar-refractivity contribution < 1.29 is 9.84 Å². The maximum absolute atomic E-state index is 10.6. The lowest BCUT2D eigenvalue weighted by molar-refractivity contribution is 0.217. The molecular formula is C15H17ClO2S. The van der Waals surface area contributed by atoms with E-state index < -0.39 is 6.10 Å². The van der Waals surface area contributed by atoms with E-state index >= 15 is 0 Å². The van der Waals surface area contributed by atoms with Crippen LogP contribution in [0.5, 0.6) is 5.75 Å². The number of ether oxygens (including phenoxy) is 1. The molecule has 2 nitrogen and oxygen atoms in total. The van der Waals surface area contributed by atoms with Crippen LogP contribution in [-0.4, -0.2) is 12.2 Å². The minimum Gasteiger partial charge on any atom is -0.496 e. The molecule has 0 amide bonds. The zero-order valence-corrected chi connectivity index (χ0v) is 13.0. The van der Waals surface area contributed by atoms with Gasteiger partial charge in [0, 0.05) is 5.56 Å². The number of benzene rings is 1. The van der Waals surface area contributed by atoms with Gasteiger partial charge in [-0.25, -0.2) is 0 Å². The van der Waals surface area contributed by atoms with Crippen LogP contribution in [0.4, 0.5) is 0 Å². The Morgan fingerprint density at radius 2 is 1.89 bits per heavy atom. The molecule has 0 aliphatic heterocycles. The summed E-state index contributed by atoms with van der Waals surface area (Å²) in [6.45, 7) is 5.92. The molecule has 0 fully saturated rings. The highest BCUT2D eigenvalue weighted by molar-refractivity contribution is 7.10. The maximum atomic E-state index is 10.6. The van der Waals surface area contributed by atoms with Crippen LogP contribution < -0.4 is 4.74 Å². The van der Waals surface area contributed by atoms with E-state index in [1.165, 1.54) is 11.3 Å². The molecule has 4 heteroatoms. The van der Waals surface area contributed by atoms with Crippen molar-refractivity contribution in [3.63, 3.8) is 0 Å². The van der Waals surface area contributed by atoms with Gasteiger partial charge in [0.1, 0.15) is 11.9 Å². The molecule has 102 valence electrons. The Morgan fingerprint density at radius 1 is 1.21 bits per heavy atom. The fourth-order valence-electron chi connectivity index (χ4n) is 2.22. The summed E-state index contributed by atoms with van der Waals surface area (Å²) in [5.41, 5.74) is 3.89. The summed E-state index contributed by atoms with van der Waals surface area (Å²) < 4.78 is 5.40. The lowest BCUT2D eigenvalue weighted by Crippen LogP contribution is -2.04. The second kappa shape index (κ2) is 5.53. The number of aliphatic hydroxyl groups excluding tert-OH is 1. The zero-order chi connectivity index (χ0) is 14.2. The first-order chi connectivity index (χ1) is 8.95. The van der Waals surface area contributed by atoms with Crippen LogP contribution in [0.25, 0.3) is 0 Å². The summed E-state index contributed by atoms with van der Waals surface area (Å²) >= 11 is 7.72. The predicted molar refractivity (Wildman–Crippen MR) is 80.6 cm³/mol. The fourth-order valence-corrected chi connectivity index (χ4v) is 3.51. The van der Waals surface area contributed by atoms with E-state index in [1.54, 1.807) is 7.11 Å². The molecule has 1 aromatic heterocycles. The van der Waals surface area contributed by atoms with E-state index in [-0.39, 0.29) is 0 Å². The topological polar surface area (TPSA) is 29.5 Å². The Kier molecular flexibility index (Phi) is 4.19. The minimum atomic E-state index is -0.748. The zero-order valence-electron chi connectivity index (χ0n) is 11.5. The molecule has 1 heterocycles. The molecule has 1 atom stereocenters. The number of methoxy groups -OCH3 is 1. The summed E-state index contributed by atoms with van der Waals surface area (Å²) in [5.74, 6) is 0.701. The van der Waals surface area contributed by atoms with E-state index in [1.807, 2.05) is 38.3 Å². The van der Waals surface area contributed by atoms with E-state index in [9.17, 15) is 5.11 Å². The fraction of sp³-hybridized carbons (Fsp3) is 0.333. The van der Waals surface area contributed by atoms with Crippen molar-refractivity contribution in [3.8, 4) is 5.75 Å². The van der Waals surface area contributed by atoms with E-state index in [2.05, 4.69) is 0 Å². The van der Waals surface area contributed by atoms with Gasteiger partial charge in [-0.3, -0.25) is 0 Å². The average molecular weight is 297 g/mol. The molecule has 0 saturated heterocycles. The molecule has 2 rings (SSSR count). The summed E-state index contributed by atoms with van der Waals surface area (Å²) in [6, 6.07) is 3.97. The summed E-state index contributed by atoms with van der Waals surface area (Å²) in [7, 11) is 1.62. The number of aliphatic hydroxyl groups is 1. The smallest absolute Gasteiger partial charge is 0.125 e. The van der Waals surface area contributed by atoms with Gasteiger partial charge >= 0.3 is 0 Å². The molecule has 19 heavy (non-hydrogen) atoms. The van der Waals surface area contributed by atoms with Crippen LogP contribution in [0.2, 0.25) is 5.02 Å². The third-order valence-electron chi connectivity index (χ3n) is 3.16. The van der Waals surface area contributed by atoms with Crippen molar-refractivity contribution >= 4 is 22.9 Å². The number of halogens is 1. The number of thiophene rings is 1. The van der Waals surface area contributed by atoms with Crippen molar-refractivity contribution in [3.05, 3.63) is 49.7 Å². The van der Waals surface area contributed by atoms with E-state index in [0.29, 0.717) is 10.8 Å². The van der Waals surface area contributed by atoms with Gasteiger partial charge in [-0.15, -0.1) is 11.3 Å². The lowest BCUT2D eigenvalue weighted by Gasteiger charge is -2.18. The standard InChI is InChI=1S/C15H17ClO2S/c1-8-5-9(2)12(11(6-8)18-4)14(17)15-13(16)10(3)7-19-15/h5-7,14,17H,1-4H3. The van der Waals surface area contributed by atoms with Gasteiger partial charge in [0.2, 0.25) is 0 Å². The number of hydrogen-bond acceptors (Lipinski definition) is 3. The Labute approximate surface area is 122 Å². The van der Waals surface area contributed by atoms with Crippen LogP contribution in [0.3, 0.4) is 0 Å². The normalized spacial score (nSPS) is 12.5. The van der Waals surface area contributed by atoms with Crippen LogP contribution in [0.1, 0.15) is 33.2 Å². The number of hydrogen-bond donors (Lipinski definition) is 1. The Morgan fingerprint density at radius 3 is 2.42 bits per heavy atom. The van der Waals surface area contributed by atoms with Crippen molar-refractivity contribution in [2.75, 3.05) is 7.11 Å². The average Bonchev–Trinajstić information content (AvgIpc) is 2.68. The first-order valence-electron chi connectivity index (χ1n) is 6.02. The first-order valence-corrected chi connectivity index (χ1v) is 7.28. The molecule has 0 saturated carbocycles. The highest BCUT2D eigenvalue weighted by Crippen LogP contribution is 2.40. The monoisotopic (exact) mass is 296 g/mol. The molecule has 0 bridgehead atoms. The van der Waals surface area contributed by atoms with Gasteiger partial charge in [0.15, 0.2) is 0 Å². The van der Waals surface area contributed by atoms with Crippen molar-refractivity contribution in [1.29, 1.82) is 0 Å². The summed E-state index contributed by atoms with van der Waals surface area (Å²) in [6.07, 6.45) is -0.748. The highest BCUT2D eigenvalue weighted by Gasteiger charge is 2.22. The lowest BCUT2D eigenvalue weighted by atomic mass is 9.98. The molecule has 0 radical (unpaired) electrons. The first kappa shape index (κ1) is 14.4. The van der Waals surface area contributed by atoms with E-state index in [4.69, 9.17) is 16.3 Å². The molecule has 0 aliphatic carbocycles. The molecule has 0 spiro atoms. The van der Waals surface area contributed by atoms with Crippen LogP contribution in [0.15, 0.2) is 17.5 Å².